The number of ether oxygens (including phenoxy) is 2. The highest BCUT2D eigenvalue weighted by atomic mass is 16.8. The zero-order valence-electron chi connectivity index (χ0n) is 19.2. The maximum Gasteiger partial charge on any atom is 0.215 e. The first-order chi connectivity index (χ1) is 14.3. The van der Waals surface area contributed by atoms with Crippen molar-refractivity contribution in [3.63, 3.8) is 0 Å². The molecule has 1 heterocycles. The summed E-state index contributed by atoms with van der Waals surface area (Å²) in [5.74, 6) is -4.73. The van der Waals surface area contributed by atoms with Crippen molar-refractivity contribution in [1.82, 2.24) is 0 Å². The Morgan fingerprint density at radius 1 is 1.19 bits per heavy atom. The summed E-state index contributed by atoms with van der Waals surface area (Å²) < 4.78 is 11.2. The average Bonchev–Trinajstić information content (AvgIpc) is 2.85. The number of carbonyl (C=O) groups excluding carboxylic acids is 2. The molecule has 9 heteroatoms. The van der Waals surface area contributed by atoms with Crippen molar-refractivity contribution in [1.29, 1.82) is 0 Å². The molecule has 0 amide bonds. The third-order valence-electron chi connectivity index (χ3n) is 7.79. The molecular weight excluding hydrogens is 406 g/mol. The molecule has 0 aromatic rings. The Morgan fingerprint density at radius 2 is 1.81 bits per heavy atom. The predicted molar refractivity (Wildman–Crippen MR) is 112 cm³/mol. The Kier molecular flexibility index (Phi) is 8.07. The molecule has 1 aliphatic carbocycles. The smallest absolute Gasteiger partial charge is 0.215 e. The number of hydrogen-bond donors (Lipinski definition) is 5. The van der Waals surface area contributed by atoms with Crippen LogP contribution in [-0.2, 0) is 19.1 Å². The molecule has 0 bridgehead atoms. The molecule has 1 saturated heterocycles. The quantitative estimate of drug-likeness (QED) is 0.263. The van der Waals surface area contributed by atoms with Crippen molar-refractivity contribution in [2.75, 3.05) is 13.2 Å². The van der Waals surface area contributed by atoms with Crippen LogP contribution in [0.4, 0.5) is 0 Å². The number of aliphatic hydroxyl groups is 4. The van der Waals surface area contributed by atoms with Crippen LogP contribution in [0.15, 0.2) is 0 Å². The third kappa shape index (κ3) is 4.73. The van der Waals surface area contributed by atoms with Gasteiger partial charge in [-0.1, -0.05) is 34.1 Å². The maximum absolute atomic E-state index is 12.2. The van der Waals surface area contributed by atoms with Gasteiger partial charge in [-0.25, -0.2) is 0 Å². The SMILES string of the molecule is CCC(C)(CCOC1OC2(O)C(CO)C(O)C(O)C12)CC(C)(CC)C(N)C(=O)C(C)=O. The van der Waals surface area contributed by atoms with E-state index in [2.05, 4.69) is 6.92 Å². The van der Waals surface area contributed by atoms with Crippen LogP contribution >= 0.6 is 0 Å². The van der Waals surface area contributed by atoms with E-state index in [0.717, 1.165) is 6.42 Å². The largest absolute Gasteiger partial charge is 0.396 e. The Morgan fingerprint density at radius 3 is 2.29 bits per heavy atom. The van der Waals surface area contributed by atoms with Gasteiger partial charge in [0.1, 0.15) is 0 Å². The van der Waals surface area contributed by atoms with Gasteiger partial charge in [0.15, 0.2) is 17.9 Å². The van der Waals surface area contributed by atoms with Crippen LogP contribution in [0.3, 0.4) is 0 Å². The fraction of sp³-hybridized carbons (Fsp3) is 0.909. The zero-order chi connectivity index (χ0) is 23.8. The lowest BCUT2D eigenvalue weighted by Crippen LogP contribution is -2.63. The number of aliphatic hydroxyl groups excluding tert-OH is 3. The van der Waals surface area contributed by atoms with Gasteiger partial charge >= 0.3 is 0 Å². The van der Waals surface area contributed by atoms with Crippen LogP contribution in [0.2, 0.25) is 0 Å². The maximum atomic E-state index is 12.2. The molecule has 0 spiro atoms. The highest BCUT2D eigenvalue weighted by molar-refractivity contribution is 6.38. The molecule has 2 aliphatic rings. The van der Waals surface area contributed by atoms with Crippen molar-refractivity contribution in [3.05, 3.63) is 0 Å². The van der Waals surface area contributed by atoms with Gasteiger partial charge in [-0.2, -0.15) is 0 Å². The highest BCUT2D eigenvalue weighted by Crippen LogP contribution is 2.53. The molecule has 2 rings (SSSR count). The van der Waals surface area contributed by atoms with E-state index in [9.17, 15) is 30.0 Å². The second-order valence-corrected chi connectivity index (χ2v) is 9.90. The molecule has 2 fully saturated rings. The van der Waals surface area contributed by atoms with Crippen molar-refractivity contribution >= 4 is 11.6 Å². The summed E-state index contributed by atoms with van der Waals surface area (Å²) in [5, 5.41) is 40.2. The molecule has 31 heavy (non-hydrogen) atoms. The predicted octanol–water partition coefficient (Wildman–Crippen LogP) is 0.106. The lowest BCUT2D eigenvalue weighted by molar-refractivity contribution is -0.439. The topological polar surface area (TPSA) is 160 Å². The molecule has 1 saturated carbocycles. The fourth-order valence-corrected chi connectivity index (χ4v) is 5.05. The molecule has 0 aromatic carbocycles. The van der Waals surface area contributed by atoms with Gasteiger partial charge in [-0.05, 0) is 30.1 Å². The minimum atomic E-state index is -1.80. The molecule has 6 N–H and O–H groups in total. The van der Waals surface area contributed by atoms with E-state index in [0.29, 0.717) is 19.3 Å². The van der Waals surface area contributed by atoms with Crippen LogP contribution in [0.5, 0.6) is 0 Å². The molecule has 9 atom stereocenters. The second-order valence-electron chi connectivity index (χ2n) is 9.90. The summed E-state index contributed by atoms with van der Waals surface area (Å²) >= 11 is 0. The number of carbonyl (C=O) groups is 2. The summed E-state index contributed by atoms with van der Waals surface area (Å²) in [4.78, 5) is 23.8. The summed E-state index contributed by atoms with van der Waals surface area (Å²) in [6.45, 7) is 8.98. The zero-order valence-corrected chi connectivity index (χ0v) is 19.2. The van der Waals surface area contributed by atoms with Gasteiger partial charge in [0.05, 0.1) is 43.3 Å². The minimum absolute atomic E-state index is 0.235. The molecule has 0 aromatic heterocycles. The average molecular weight is 446 g/mol. The molecular formula is C22H39NO8. The number of fused-ring (bicyclic) bond motifs is 1. The van der Waals surface area contributed by atoms with E-state index in [1.807, 2.05) is 20.8 Å². The third-order valence-corrected chi connectivity index (χ3v) is 7.79. The number of nitrogens with two attached hydrogens (primary N) is 1. The first-order valence-electron chi connectivity index (χ1n) is 11.1. The lowest BCUT2D eigenvalue weighted by atomic mass is 9.65. The first kappa shape index (κ1) is 26.3. The van der Waals surface area contributed by atoms with Crippen LogP contribution < -0.4 is 5.73 Å². The molecule has 0 radical (unpaired) electrons. The van der Waals surface area contributed by atoms with E-state index in [4.69, 9.17) is 15.2 Å². The van der Waals surface area contributed by atoms with Gasteiger partial charge in [0, 0.05) is 6.92 Å². The second kappa shape index (κ2) is 9.51. The van der Waals surface area contributed by atoms with Gasteiger partial charge in [-0.3, -0.25) is 9.59 Å². The highest BCUT2D eigenvalue weighted by Gasteiger charge is 2.71. The van der Waals surface area contributed by atoms with Crippen LogP contribution in [0, 0.1) is 22.7 Å². The summed E-state index contributed by atoms with van der Waals surface area (Å²) in [6.07, 6.45) is -0.781. The van der Waals surface area contributed by atoms with Crippen LogP contribution in [-0.4, -0.2) is 75.5 Å². The van der Waals surface area contributed by atoms with E-state index in [-0.39, 0.29) is 12.0 Å². The normalized spacial score (nSPS) is 37.3. The fourth-order valence-electron chi connectivity index (χ4n) is 5.05. The van der Waals surface area contributed by atoms with Gasteiger partial charge in [0.2, 0.25) is 5.78 Å². The van der Waals surface area contributed by atoms with E-state index in [1.165, 1.54) is 6.92 Å². The molecule has 9 nitrogen and oxygen atoms in total. The van der Waals surface area contributed by atoms with E-state index < -0.39 is 65.8 Å². The van der Waals surface area contributed by atoms with Crippen molar-refractivity contribution in [2.45, 2.75) is 90.6 Å². The summed E-state index contributed by atoms with van der Waals surface area (Å²) in [7, 11) is 0. The van der Waals surface area contributed by atoms with Gasteiger partial charge in [0.25, 0.3) is 0 Å². The van der Waals surface area contributed by atoms with Gasteiger partial charge < -0.3 is 35.6 Å². The minimum Gasteiger partial charge on any atom is -0.396 e. The number of hydrogen-bond acceptors (Lipinski definition) is 9. The number of rotatable bonds is 12. The molecule has 180 valence electrons. The summed E-state index contributed by atoms with van der Waals surface area (Å²) in [6, 6.07) is -0.877. The monoisotopic (exact) mass is 445 g/mol. The van der Waals surface area contributed by atoms with Crippen molar-refractivity contribution in [3.8, 4) is 0 Å². The standard InChI is InChI=1S/C22H39NO8/c1-6-20(4,11-21(5,7-2)18(23)15(26)12(3)25)8-9-30-19-14-17(28)16(27)13(10-24)22(14,29)31-19/h13-14,16-19,24,27-29H,6-11,23H2,1-5H3. The Balaban J connectivity index is 1.99. The Labute approximate surface area is 183 Å². The van der Waals surface area contributed by atoms with Gasteiger partial charge in [-0.15, -0.1) is 0 Å². The molecule has 9 unspecified atom stereocenters. The summed E-state index contributed by atoms with van der Waals surface area (Å²) in [5.41, 5.74) is 5.39. The van der Waals surface area contributed by atoms with Crippen LogP contribution in [0.1, 0.15) is 60.3 Å². The van der Waals surface area contributed by atoms with Crippen LogP contribution in [0.25, 0.3) is 0 Å². The lowest BCUT2D eigenvalue weighted by Gasteiger charge is -2.49. The molecule has 1 aliphatic heterocycles. The van der Waals surface area contributed by atoms with Crippen molar-refractivity contribution in [2.24, 2.45) is 28.4 Å². The van der Waals surface area contributed by atoms with E-state index in [1.54, 1.807) is 0 Å². The number of Topliss-reactive ketones (excluding diaryl/α,β-unsaturated/α-hetero) is 2. The Bertz CT molecular complexity index is 674. The van der Waals surface area contributed by atoms with Crippen molar-refractivity contribution < 1.29 is 39.5 Å². The number of ketones is 2. The first-order valence-corrected chi connectivity index (χ1v) is 11.1. The Hall–Kier alpha value is -0.940. The van der Waals surface area contributed by atoms with E-state index >= 15 is 0 Å².